The summed E-state index contributed by atoms with van der Waals surface area (Å²) >= 11 is 0. The molecule has 1 heterocycles. The average Bonchev–Trinajstić information content (AvgIpc) is 2.39. The lowest BCUT2D eigenvalue weighted by molar-refractivity contribution is 0.324. The van der Waals surface area contributed by atoms with Gasteiger partial charge in [0.05, 0.1) is 11.9 Å². The molecule has 19 heavy (non-hydrogen) atoms. The second-order valence-corrected chi connectivity index (χ2v) is 6.56. The Morgan fingerprint density at radius 1 is 1.37 bits per heavy atom. The maximum Gasteiger partial charge on any atom is 0.213 e. The van der Waals surface area contributed by atoms with E-state index in [1.165, 1.54) is 0 Å². The number of ether oxygens (including phenoxy) is 1. The Morgan fingerprint density at radius 3 is 2.68 bits per heavy atom. The minimum absolute atomic E-state index is 0.126. The maximum absolute atomic E-state index is 11.3. The summed E-state index contributed by atoms with van der Waals surface area (Å²) in [7, 11) is -3.45. The normalized spacial score (nSPS) is 24.1. The molecule has 3 N–H and O–H groups in total. The lowest BCUT2D eigenvalue weighted by Crippen LogP contribution is -2.43. The van der Waals surface area contributed by atoms with Gasteiger partial charge >= 0.3 is 0 Å². The van der Waals surface area contributed by atoms with E-state index in [0.29, 0.717) is 19.6 Å². The average molecular weight is 284 g/mol. The van der Waals surface area contributed by atoms with E-state index in [1.807, 2.05) is 31.2 Å². The van der Waals surface area contributed by atoms with Gasteiger partial charge in [-0.25, -0.2) is 13.6 Å². The highest BCUT2D eigenvalue weighted by molar-refractivity contribution is 7.89. The minimum Gasteiger partial charge on any atom is -0.494 e. The van der Waals surface area contributed by atoms with E-state index in [2.05, 4.69) is 5.32 Å². The number of piperidine rings is 1. The van der Waals surface area contributed by atoms with Crippen molar-refractivity contribution in [2.45, 2.75) is 31.1 Å². The van der Waals surface area contributed by atoms with Crippen LogP contribution in [-0.2, 0) is 10.0 Å². The van der Waals surface area contributed by atoms with E-state index < -0.39 is 15.3 Å². The first-order chi connectivity index (χ1) is 9.02. The second-order valence-electron chi connectivity index (χ2n) is 4.72. The summed E-state index contributed by atoms with van der Waals surface area (Å²) in [6.07, 6.45) is 1.32. The number of benzene rings is 1. The lowest BCUT2D eigenvalue weighted by atomic mass is 9.96. The highest BCUT2D eigenvalue weighted by Gasteiger charge is 2.29. The molecule has 0 bridgehead atoms. The van der Waals surface area contributed by atoms with E-state index in [4.69, 9.17) is 9.88 Å². The van der Waals surface area contributed by atoms with Crippen molar-refractivity contribution >= 4 is 10.0 Å². The standard InChI is InChI=1S/C13H20N2O3S/c1-2-18-13-6-4-3-5-11(13)12-8-7-10(9-15-12)19(14,16)17/h3-6,10,12,15H,2,7-9H2,1H3,(H2,14,16,17). The van der Waals surface area contributed by atoms with Gasteiger partial charge in [-0.15, -0.1) is 0 Å². The van der Waals surface area contributed by atoms with Crippen LogP contribution in [0.2, 0.25) is 0 Å². The van der Waals surface area contributed by atoms with Crippen molar-refractivity contribution in [3.63, 3.8) is 0 Å². The molecule has 2 rings (SSSR count). The molecule has 1 aromatic rings. The van der Waals surface area contributed by atoms with Crippen molar-refractivity contribution in [2.24, 2.45) is 5.14 Å². The zero-order chi connectivity index (χ0) is 13.9. The van der Waals surface area contributed by atoms with Gasteiger partial charge in [0.25, 0.3) is 0 Å². The summed E-state index contributed by atoms with van der Waals surface area (Å²) in [5.74, 6) is 0.858. The van der Waals surface area contributed by atoms with Crippen LogP contribution in [0.25, 0.3) is 0 Å². The number of hydrogen-bond donors (Lipinski definition) is 2. The molecule has 1 aromatic carbocycles. The molecule has 0 aliphatic carbocycles. The molecule has 6 heteroatoms. The van der Waals surface area contributed by atoms with Crippen LogP contribution in [0, 0.1) is 0 Å². The number of nitrogens with two attached hydrogens (primary N) is 1. The number of primary sulfonamides is 1. The molecular formula is C13H20N2O3S. The fourth-order valence-corrected chi connectivity index (χ4v) is 3.22. The molecule has 0 radical (unpaired) electrons. The summed E-state index contributed by atoms with van der Waals surface area (Å²) < 4.78 is 28.2. The topological polar surface area (TPSA) is 81.4 Å². The lowest BCUT2D eigenvalue weighted by Gasteiger charge is -2.29. The Morgan fingerprint density at radius 2 is 2.11 bits per heavy atom. The highest BCUT2D eigenvalue weighted by atomic mass is 32.2. The first-order valence-electron chi connectivity index (χ1n) is 6.49. The van der Waals surface area contributed by atoms with Crippen molar-refractivity contribution in [3.8, 4) is 5.75 Å². The zero-order valence-corrected chi connectivity index (χ0v) is 11.8. The maximum atomic E-state index is 11.3. The van der Waals surface area contributed by atoms with Crippen LogP contribution in [0.15, 0.2) is 24.3 Å². The van der Waals surface area contributed by atoms with Gasteiger partial charge in [0.2, 0.25) is 10.0 Å². The van der Waals surface area contributed by atoms with Crippen LogP contribution in [0.3, 0.4) is 0 Å². The van der Waals surface area contributed by atoms with E-state index in [-0.39, 0.29) is 6.04 Å². The fourth-order valence-electron chi connectivity index (χ4n) is 2.43. The van der Waals surface area contributed by atoms with Gasteiger partial charge in [-0.05, 0) is 25.8 Å². The van der Waals surface area contributed by atoms with Crippen LogP contribution in [0.5, 0.6) is 5.75 Å². The third-order valence-electron chi connectivity index (χ3n) is 3.43. The van der Waals surface area contributed by atoms with E-state index in [9.17, 15) is 8.42 Å². The Bertz CT molecular complexity index is 522. The minimum atomic E-state index is -3.45. The van der Waals surface area contributed by atoms with Gasteiger partial charge in [0, 0.05) is 18.2 Å². The van der Waals surface area contributed by atoms with Crippen LogP contribution in [-0.4, -0.2) is 26.8 Å². The molecule has 0 saturated carbocycles. The van der Waals surface area contributed by atoms with Gasteiger partial charge in [-0.1, -0.05) is 18.2 Å². The molecule has 0 spiro atoms. The molecule has 2 unspecified atom stereocenters. The van der Waals surface area contributed by atoms with E-state index in [0.717, 1.165) is 17.7 Å². The SMILES string of the molecule is CCOc1ccccc1C1CCC(S(N)(=O)=O)CN1. The van der Waals surface area contributed by atoms with Gasteiger partial charge in [-0.2, -0.15) is 0 Å². The summed E-state index contributed by atoms with van der Waals surface area (Å²) in [5.41, 5.74) is 1.08. The smallest absolute Gasteiger partial charge is 0.213 e. The third kappa shape index (κ3) is 3.46. The molecule has 1 saturated heterocycles. The van der Waals surface area contributed by atoms with Gasteiger partial charge in [0.1, 0.15) is 5.75 Å². The van der Waals surface area contributed by atoms with Crippen LogP contribution < -0.4 is 15.2 Å². The Balaban J connectivity index is 2.09. The molecule has 1 aliphatic rings. The van der Waals surface area contributed by atoms with Gasteiger partial charge in [0.15, 0.2) is 0 Å². The summed E-state index contributed by atoms with van der Waals surface area (Å²) in [6, 6.07) is 7.97. The predicted octanol–water partition coefficient (Wildman–Crippen LogP) is 1.17. The number of sulfonamides is 1. The summed E-state index contributed by atoms with van der Waals surface area (Å²) in [6.45, 7) is 2.95. The first-order valence-corrected chi connectivity index (χ1v) is 8.10. The van der Waals surface area contributed by atoms with E-state index in [1.54, 1.807) is 0 Å². The summed E-state index contributed by atoms with van der Waals surface area (Å²) in [5, 5.41) is 7.95. The van der Waals surface area contributed by atoms with Crippen molar-refractivity contribution in [2.75, 3.05) is 13.2 Å². The number of nitrogens with one attached hydrogen (secondary N) is 1. The molecule has 2 atom stereocenters. The monoisotopic (exact) mass is 284 g/mol. The Kier molecular flexibility index (Phi) is 4.44. The zero-order valence-electron chi connectivity index (χ0n) is 11.0. The Hall–Kier alpha value is -1.11. The van der Waals surface area contributed by atoms with Crippen molar-refractivity contribution in [3.05, 3.63) is 29.8 Å². The van der Waals surface area contributed by atoms with E-state index >= 15 is 0 Å². The van der Waals surface area contributed by atoms with Crippen molar-refractivity contribution in [1.82, 2.24) is 5.32 Å². The molecule has 0 aromatic heterocycles. The van der Waals surface area contributed by atoms with Crippen LogP contribution in [0.1, 0.15) is 31.4 Å². The molecule has 5 nitrogen and oxygen atoms in total. The first kappa shape index (κ1) is 14.3. The second kappa shape index (κ2) is 5.90. The fraction of sp³-hybridized carbons (Fsp3) is 0.538. The summed E-state index contributed by atoms with van der Waals surface area (Å²) in [4.78, 5) is 0. The highest BCUT2D eigenvalue weighted by Crippen LogP contribution is 2.31. The molecule has 0 amide bonds. The Labute approximate surface area is 114 Å². The number of hydrogen-bond acceptors (Lipinski definition) is 4. The van der Waals surface area contributed by atoms with Crippen LogP contribution >= 0.6 is 0 Å². The molecular weight excluding hydrogens is 264 g/mol. The van der Waals surface area contributed by atoms with Gasteiger partial charge in [-0.3, -0.25) is 0 Å². The number of rotatable bonds is 4. The number of para-hydroxylation sites is 1. The van der Waals surface area contributed by atoms with Crippen molar-refractivity contribution in [1.29, 1.82) is 0 Å². The molecule has 106 valence electrons. The molecule has 1 aliphatic heterocycles. The van der Waals surface area contributed by atoms with Crippen molar-refractivity contribution < 1.29 is 13.2 Å². The van der Waals surface area contributed by atoms with Crippen LogP contribution in [0.4, 0.5) is 0 Å². The molecule has 1 fully saturated rings. The van der Waals surface area contributed by atoms with Gasteiger partial charge < -0.3 is 10.1 Å². The predicted molar refractivity (Wildman–Crippen MR) is 74.5 cm³/mol. The third-order valence-corrected chi connectivity index (χ3v) is 4.76. The quantitative estimate of drug-likeness (QED) is 0.869. The largest absolute Gasteiger partial charge is 0.494 e.